The number of nitrogens with zero attached hydrogens (tertiary/aromatic N) is 3. The van der Waals surface area contributed by atoms with E-state index < -0.39 is 0 Å². The maximum Gasteiger partial charge on any atom is 0.191 e. The maximum atomic E-state index is 9.57. The number of aromatic hydroxyl groups is 1. The van der Waals surface area contributed by atoms with Gasteiger partial charge in [-0.05, 0) is 31.5 Å². The molecule has 0 saturated heterocycles. The molecule has 2 aromatic rings. The molecule has 7 heteroatoms. The van der Waals surface area contributed by atoms with Gasteiger partial charge in [-0.15, -0.1) is 10.2 Å². The second-order valence-electron chi connectivity index (χ2n) is 4.31. The molecule has 1 aromatic carbocycles. The van der Waals surface area contributed by atoms with Crippen molar-refractivity contribution >= 4 is 0 Å². The summed E-state index contributed by atoms with van der Waals surface area (Å²) in [5.74, 6) is 1.20. The third-order valence-corrected chi connectivity index (χ3v) is 2.95. The zero-order valence-corrected chi connectivity index (χ0v) is 11.1. The Morgan fingerprint density at radius 1 is 1.32 bits per heavy atom. The normalized spacial score (nSPS) is 14.1. The van der Waals surface area contributed by atoms with Crippen molar-refractivity contribution in [2.45, 2.75) is 25.9 Å². The minimum atomic E-state index is -0.0338. The summed E-state index contributed by atoms with van der Waals surface area (Å²) in [7, 11) is 1.53. The zero-order chi connectivity index (χ0) is 13.8. The summed E-state index contributed by atoms with van der Waals surface area (Å²) < 4.78 is 5.10. The lowest BCUT2D eigenvalue weighted by Gasteiger charge is -2.18. The number of phenolic OH excluding ortho intramolecular Hbond substituents is 1. The zero-order valence-electron chi connectivity index (χ0n) is 11.1. The molecule has 0 aliphatic carbocycles. The van der Waals surface area contributed by atoms with Crippen LogP contribution in [0.1, 0.15) is 37.3 Å². The highest BCUT2D eigenvalue weighted by atomic mass is 16.5. The van der Waals surface area contributed by atoms with Gasteiger partial charge >= 0.3 is 0 Å². The van der Waals surface area contributed by atoms with E-state index in [1.54, 1.807) is 12.1 Å². The molecular formula is C12H17N5O2. The number of hydrogen-bond donors (Lipinski definition) is 3. The molecule has 0 saturated carbocycles. The summed E-state index contributed by atoms with van der Waals surface area (Å²) in [6, 6.07) is 5.29. The van der Waals surface area contributed by atoms with E-state index in [-0.39, 0.29) is 17.8 Å². The molecule has 0 aliphatic rings. The van der Waals surface area contributed by atoms with Gasteiger partial charge in [-0.3, -0.25) is 0 Å². The number of tetrazole rings is 1. The number of nitrogens with one attached hydrogen (secondary N) is 2. The fourth-order valence-electron chi connectivity index (χ4n) is 1.86. The average Bonchev–Trinajstić information content (AvgIpc) is 2.93. The standard InChI is InChI=1S/C12H17N5O2/c1-7(13-8(2)12-14-16-17-15-12)9-4-5-10(18)11(6-9)19-3/h4-8,13,18H,1-3H3,(H,14,15,16,17). The topological polar surface area (TPSA) is 96.0 Å². The molecule has 1 aromatic heterocycles. The number of aromatic amines is 1. The SMILES string of the molecule is COc1cc(C(C)NC(C)c2nn[nH]n2)ccc1O. The Morgan fingerprint density at radius 3 is 2.74 bits per heavy atom. The Bertz CT molecular complexity index is 529. The predicted molar refractivity (Wildman–Crippen MR) is 68.8 cm³/mol. The van der Waals surface area contributed by atoms with Gasteiger partial charge in [0.2, 0.25) is 0 Å². The second-order valence-corrected chi connectivity index (χ2v) is 4.31. The van der Waals surface area contributed by atoms with Crippen LogP contribution >= 0.6 is 0 Å². The van der Waals surface area contributed by atoms with Gasteiger partial charge in [0.25, 0.3) is 0 Å². The van der Waals surface area contributed by atoms with Crippen molar-refractivity contribution < 1.29 is 9.84 Å². The molecule has 2 rings (SSSR count). The maximum absolute atomic E-state index is 9.57. The van der Waals surface area contributed by atoms with Gasteiger partial charge in [0.1, 0.15) is 0 Å². The predicted octanol–water partition coefficient (Wildman–Crippen LogP) is 1.33. The van der Waals surface area contributed by atoms with Gasteiger partial charge in [-0.2, -0.15) is 5.21 Å². The summed E-state index contributed by atoms with van der Waals surface area (Å²) in [6.45, 7) is 3.97. The van der Waals surface area contributed by atoms with Crippen LogP contribution in [0, 0.1) is 0 Å². The van der Waals surface area contributed by atoms with E-state index >= 15 is 0 Å². The van der Waals surface area contributed by atoms with E-state index in [0.717, 1.165) is 5.56 Å². The lowest BCUT2D eigenvalue weighted by Crippen LogP contribution is -2.23. The third kappa shape index (κ3) is 3.00. The third-order valence-electron chi connectivity index (χ3n) is 2.95. The Balaban J connectivity index is 2.09. The van der Waals surface area contributed by atoms with E-state index in [0.29, 0.717) is 11.6 Å². The first-order chi connectivity index (χ1) is 9.11. The van der Waals surface area contributed by atoms with Crippen LogP contribution in [0.15, 0.2) is 18.2 Å². The van der Waals surface area contributed by atoms with Crippen LogP contribution in [-0.4, -0.2) is 32.8 Å². The number of ether oxygens (including phenoxy) is 1. The molecule has 0 aliphatic heterocycles. The van der Waals surface area contributed by atoms with E-state index in [1.807, 2.05) is 19.9 Å². The highest BCUT2D eigenvalue weighted by molar-refractivity contribution is 5.42. The van der Waals surface area contributed by atoms with Gasteiger partial charge in [-0.25, -0.2) is 0 Å². The van der Waals surface area contributed by atoms with Gasteiger partial charge < -0.3 is 15.2 Å². The Hall–Kier alpha value is -2.15. The molecule has 102 valence electrons. The molecule has 7 nitrogen and oxygen atoms in total. The van der Waals surface area contributed by atoms with Crippen LogP contribution in [0.4, 0.5) is 0 Å². The molecule has 2 unspecified atom stereocenters. The van der Waals surface area contributed by atoms with Gasteiger partial charge in [0.05, 0.1) is 13.2 Å². The Labute approximate surface area is 111 Å². The molecule has 0 radical (unpaired) electrons. The lowest BCUT2D eigenvalue weighted by atomic mass is 10.1. The number of benzene rings is 1. The molecule has 3 N–H and O–H groups in total. The quantitative estimate of drug-likeness (QED) is 0.753. The van der Waals surface area contributed by atoms with Crippen molar-refractivity contribution in [1.29, 1.82) is 0 Å². The Kier molecular flexibility index (Phi) is 3.96. The van der Waals surface area contributed by atoms with Crippen LogP contribution in [0.5, 0.6) is 11.5 Å². The van der Waals surface area contributed by atoms with Gasteiger partial charge in [-0.1, -0.05) is 11.3 Å². The minimum Gasteiger partial charge on any atom is -0.504 e. The van der Waals surface area contributed by atoms with Crippen LogP contribution in [0.3, 0.4) is 0 Å². The number of rotatable bonds is 5. The van der Waals surface area contributed by atoms with Crippen LogP contribution in [0.25, 0.3) is 0 Å². The lowest BCUT2D eigenvalue weighted by molar-refractivity contribution is 0.371. The summed E-state index contributed by atoms with van der Waals surface area (Å²) in [6.07, 6.45) is 0. The summed E-state index contributed by atoms with van der Waals surface area (Å²) in [5.41, 5.74) is 1.00. The molecule has 19 heavy (non-hydrogen) atoms. The van der Waals surface area contributed by atoms with E-state index in [4.69, 9.17) is 4.74 Å². The van der Waals surface area contributed by atoms with Crippen molar-refractivity contribution in [2.75, 3.05) is 7.11 Å². The number of hydrogen-bond acceptors (Lipinski definition) is 6. The monoisotopic (exact) mass is 263 g/mol. The number of methoxy groups -OCH3 is 1. The number of phenols is 1. The van der Waals surface area contributed by atoms with E-state index in [2.05, 4.69) is 25.9 Å². The van der Waals surface area contributed by atoms with Crippen molar-refractivity contribution in [3.05, 3.63) is 29.6 Å². The van der Waals surface area contributed by atoms with Gasteiger partial charge in [0, 0.05) is 6.04 Å². The van der Waals surface area contributed by atoms with Crippen molar-refractivity contribution in [2.24, 2.45) is 0 Å². The first-order valence-electron chi connectivity index (χ1n) is 5.98. The fourth-order valence-corrected chi connectivity index (χ4v) is 1.86. The first kappa shape index (κ1) is 13.3. The minimum absolute atomic E-state index is 0.0338. The van der Waals surface area contributed by atoms with E-state index in [9.17, 15) is 5.11 Å². The summed E-state index contributed by atoms with van der Waals surface area (Å²) in [5, 5.41) is 26.7. The van der Waals surface area contributed by atoms with Gasteiger partial charge in [0.15, 0.2) is 17.3 Å². The highest BCUT2D eigenvalue weighted by Crippen LogP contribution is 2.29. The number of aromatic nitrogens is 4. The molecule has 0 spiro atoms. The molecule has 0 amide bonds. The van der Waals surface area contributed by atoms with Crippen LogP contribution < -0.4 is 10.1 Å². The fraction of sp³-hybridized carbons (Fsp3) is 0.417. The molecular weight excluding hydrogens is 246 g/mol. The molecule has 1 heterocycles. The second kappa shape index (κ2) is 5.66. The van der Waals surface area contributed by atoms with Crippen LogP contribution in [0.2, 0.25) is 0 Å². The largest absolute Gasteiger partial charge is 0.504 e. The molecule has 0 fully saturated rings. The number of H-pyrrole nitrogens is 1. The smallest absolute Gasteiger partial charge is 0.191 e. The highest BCUT2D eigenvalue weighted by Gasteiger charge is 2.15. The van der Waals surface area contributed by atoms with Crippen LogP contribution in [-0.2, 0) is 0 Å². The van der Waals surface area contributed by atoms with Crippen molar-refractivity contribution in [3.8, 4) is 11.5 Å². The Morgan fingerprint density at radius 2 is 2.11 bits per heavy atom. The van der Waals surface area contributed by atoms with Crippen molar-refractivity contribution in [1.82, 2.24) is 25.9 Å². The molecule has 0 bridgehead atoms. The first-order valence-corrected chi connectivity index (χ1v) is 5.98. The van der Waals surface area contributed by atoms with Crippen molar-refractivity contribution in [3.63, 3.8) is 0 Å². The van der Waals surface area contributed by atoms with E-state index in [1.165, 1.54) is 7.11 Å². The average molecular weight is 263 g/mol. The molecule has 2 atom stereocenters. The summed E-state index contributed by atoms with van der Waals surface area (Å²) in [4.78, 5) is 0. The summed E-state index contributed by atoms with van der Waals surface area (Å²) >= 11 is 0.